The van der Waals surface area contributed by atoms with E-state index in [0.29, 0.717) is 32.8 Å². The van der Waals surface area contributed by atoms with Crippen LogP contribution in [0.4, 0.5) is 5.69 Å². The zero-order valence-electron chi connectivity index (χ0n) is 9.49. The van der Waals surface area contributed by atoms with E-state index in [9.17, 15) is 4.79 Å². The Morgan fingerprint density at radius 3 is 2.88 bits per heavy atom. The predicted molar refractivity (Wildman–Crippen MR) is 70.0 cm³/mol. The van der Waals surface area contributed by atoms with Crippen LogP contribution >= 0.6 is 15.9 Å². The highest BCUT2D eigenvalue weighted by atomic mass is 79.9. The summed E-state index contributed by atoms with van der Waals surface area (Å²) in [5.41, 5.74) is 0.945. The minimum atomic E-state index is 0.119. The van der Waals surface area contributed by atoms with Crippen LogP contribution in [0.15, 0.2) is 28.7 Å². The number of benzene rings is 1. The van der Waals surface area contributed by atoms with Crippen LogP contribution in [-0.2, 0) is 9.53 Å². The Morgan fingerprint density at radius 1 is 1.41 bits per heavy atom. The van der Waals surface area contributed by atoms with Gasteiger partial charge < -0.3 is 15.0 Å². The third-order valence-electron chi connectivity index (χ3n) is 2.63. The summed E-state index contributed by atoms with van der Waals surface area (Å²) in [6.45, 7) is 3.00. The van der Waals surface area contributed by atoms with Crippen molar-refractivity contribution in [2.45, 2.75) is 0 Å². The summed E-state index contributed by atoms with van der Waals surface area (Å²) >= 11 is 3.39. The molecule has 4 nitrogen and oxygen atoms in total. The van der Waals surface area contributed by atoms with Gasteiger partial charge in [0.1, 0.15) is 0 Å². The SMILES string of the molecule is O=C(CNc1cccc(Br)c1)N1CCOCC1. The van der Waals surface area contributed by atoms with Crippen molar-refractivity contribution in [3.05, 3.63) is 28.7 Å². The number of carbonyl (C=O) groups is 1. The first kappa shape index (κ1) is 12.4. The number of nitrogens with one attached hydrogen (secondary N) is 1. The quantitative estimate of drug-likeness (QED) is 0.924. The van der Waals surface area contributed by atoms with Crippen LogP contribution in [-0.4, -0.2) is 43.7 Å². The Kier molecular flexibility index (Phi) is 4.39. The molecule has 0 aliphatic carbocycles. The van der Waals surface area contributed by atoms with Crippen LogP contribution < -0.4 is 5.32 Å². The highest BCUT2D eigenvalue weighted by Crippen LogP contribution is 2.15. The predicted octanol–water partition coefficient (Wildman–Crippen LogP) is 1.72. The van der Waals surface area contributed by atoms with Crippen LogP contribution in [0.1, 0.15) is 0 Å². The minimum Gasteiger partial charge on any atom is -0.378 e. The van der Waals surface area contributed by atoms with Gasteiger partial charge in [0.15, 0.2) is 0 Å². The number of amides is 1. The molecule has 1 saturated heterocycles. The summed E-state index contributed by atoms with van der Waals surface area (Å²) in [6.07, 6.45) is 0. The molecule has 1 fully saturated rings. The molecule has 1 aliphatic heterocycles. The average Bonchev–Trinajstić information content (AvgIpc) is 2.37. The van der Waals surface area contributed by atoms with E-state index in [1.54, 1.807) is 0 Å². The number of morpholine rings is 1. The average molecular weight is 299 g/mol. The standard InChI is InChI=1S/C12H15BrN2O2/c13-10-2-1-3-11(8-10)14-9-12(16)15-4-6-17-7-5-15/h1-3,8,14H,4-7,9H2. The summed E-state index contributed by atoms with van der Waals surface area (Å²) in [5, 5.41) is 3.12. The molecule has 0 atom stereocenters. The molecule has 92 valence electrons. The molecule has 0 bridgehead atoms. The second kappa shape index (κ2) is 6.02. The molecule has 0 spiro atoms. The molecule has 1 N–H and O–H groups in total. The van der Waals surface area contributed by atoms with Crippen molar-refractivity contribution in [1.82, 2.24) is 4.90 Å². The van der Waals surface area contributed by atoms with Gasteiger partial charge in [-0.2, -0.15) is 0 Å². The summed E-state index contributed by atoms with van der Waals surface area (Å²) in [7, 11) is 0. The number of hydrogen-bond acceptors (Lipinski definition) is 3. The van der Waals surface area contributed by atoms with Gasteiger partial charge in [-0.25, -0.2) is 0 Å². The molecule has 0 unspecified atom stereocenters. The lowest BCUT2D eigenvalue weighted by Gasteiger charge is -2.27. The van der Waals surface area contributed by atoms with E-state index in [2.05, 4.69) is 21.2 Å². The minimum absolute atomic E-state index is 0.119. The first-order chi connectivity index (χ1) is 8.25. The number of carbonyl (C=O) groups excluding carboxylic acids is 1. The van der Waals surface area contributed by atoms with Gasteiger partial charge in [-0.3, -0.25) is 4.79 Å². The molecule has 0 radical (unpaired) electrons. The smallest absolute Gasteiger partial charge is 0.242 e. The molecule has 2 rings (SSSR count). The highest BCUT2D eigenvalue weighted by molar-refractivity contribution is 9.10. The molecule has 1 aliphatic rings. The zero-order valence-corrected chi connectivity index (χ0v) is 11.1. The summed E-state index contributed by atoms with van der Waals surface area (Å²) in [5.74, 6) is 0.119. The lowest BCUT2D eigenvalue weighted by atomic mass is 10.3. The number of anilines is 1. The van der Waals surface area contributed by atoms with Gasteiger partial charge in [-0.15, -0.1) is 0 Å². The maximum Gasteiger partial charge on any atom is 0.242 e. The Balaban J connectivity index is 1.83. The highest BCUT2D eigenvalue weighted by Gasteiger charge is 2.15. The first-order valence-electron chi connectivity index (χ1n) is 5.60. The monoisotopic (exact) mass is 298 g/mol. The van der Waals surface area contributed by atoms with Crippen LogP contribution in [0, 0.1) is 0 Å². The van der Waals surface area contributed by atoms with Crippen molar-refractivity contribution in [1.29, 1.82) is 0 Å². The van der Waals surface area contributed by atoms with E-state index >= 15 is 0 Å². The molecule has 17 heavy (non-hydrogen) atoms. The molecule has 1 heterocycles. The molecule has 1 aromatic rings. The summed E-state index contributed by atoms with van der Waals surface area (Å²) < 4.78 is 6.21. The first-order valence-corrected chi connectivity index (χ1v) is 6.40. The molecular formula is C12H15BrN2O2. The number of halogens is 1. The normalized spacial score (nSPS) is 15.7. The van der Waals surface area contributed by atoms with Gasteiger partial charge >= 0.3 is 0 Å². The van der Waals surface area contributed by atoms with Crippen LogP contribution in [0.5, 0.6) is 0 Å². The molecule has 5 heteroatoms. The van der Waals surface area contributed by atoms with Crippen LogP contribution in [0.2, 0.25) is 0 Å². The van der Waals surface area contributed by atoms with E-state index in [1.165, 1.54) is 0 Å². The summed E-state index contributed by atoms with van der Waals surface area (Å²) in [4.78, 5) is 13.7. The van der Waals surface area contributed by atoms with Gasteiger partial charge in [0.2, 0.25) is 5.91 Å². The molecule has 0 aromatic heterocycles. The molecule has 1 amide bonds. The van der Waals surface area contributed by atoms with Crippen molar-refractivity contribution in [3.63, 3.8) is 0 Å². The van der Waals surface area contributed by atoms with Crippen molar-refractivity contribution >= 4 is 27.5 Å². The fraction of sp³-hybridized carbons (Fsp3) is 0.417. The largest absolute Gasteiger partial charge is 0.378 e. The molecule has 1 aromatic carbocycles. The lowest BCUT2D eigenvalue weighted by molar-refractivity contribution is -0.133. The van der Waals surface area contributed by atoms with Crippen molar-refractivity contribution in [2.24, 2.45) is 0 Å². The maximum absolute atomic E-state index is 11.9. The van der Waals surface area contributed by atoms with Crippen molar-refractivity contribution in [3.8, 4) is 0 Å². The molecule has 0 saturated carbocycles. The van der Waals surface area contributed by atoms with Gasteiger partial charge in [0, 0.05) is 23.2 Å². The van der Waals surface area contributed by atoms with Gasteiger partial charge in [0.25, 0.3) is 0 Å². The van der Waals surface area contributed by atoms with Crippen LogP contribution in [0.3, 0.4) is 0 Å². The van der Waals surface area contributed by atoms with E-state index in [1.807, 2.05) is 29.2 Å². The van der Waals surface area contributed by atoms with Crippen LogP contribution in [0.25, 0.3) is 0 Å². The maximum atomic E-state index is 11.9. The molecular weight excluding hydrogens is 284 g/mol. The number of rotatable bonds is 3. The fourth-order valence-corrected chi connectivity index (χ4v) is 2.10. The number of nitrogens with zero attached hydrogens (tertiary/aromatic N) is 1. The fourth-order valence-electron chi connectivity index (χ4n) is 1.70. The Bertz CT molecular complexity index is 392. The summed E-state index contributed by atoms with van der Waals surface area (Å²) in [6, 6.07) is 7.78. The second-order valence-corrected chi connectivity index (χ2v) is 4.77. The van der Waals surface area contributed by atoms with Gasteiger partial charge in [-0.05, 0) is 18.2 Å². The Hall–Kier alpha value is -1.07. The zero-order chi connectivity index (χ0) is 12.1. The van der Waals surface area contributed by atoms with E-state index in [-0.39, 0.29) is 5.91 Å². The van der Waals surface area contributed by atoms with Gasteiger partial charge in [0.05, 0.1) is 19.8 Å². The Morgan fingerprint density at radius 2 is 2.18 bits per heavy atom. The second-order valence-electron chi connectivity index (χ2n) is 3.86. The van der Waals surface area contributed by atoms with Crippen molar-refractivity contribution in [2.75, 3.05) is 38.2 Å². The van der Waals surface area contributed by atoms with Gasteiger partial charge in [-0.1, -0.05) is 22.0 Å². The van der Waals surface area contributed by atoms with Crippen molar-refractivity contribution < 1.29 is 9.53 Å². The van der Waals surface area contributed by atoms with E-state index in [4.69, 9.17) is 4.74 Å². The number of ether oxygens (including phenoxy) is 1. The van der Waals surface area contributed by atoms with E-state index < -0.39 is 0 Å². The number of hydrogen-bond donors (Lipinski definition) is 1. The van der Waals surface area contributed by atoms with E-state index in [0.717, 1.165) is 10.2 Å². The Labute approximate surface area is 109 Å². The third kappa shape index (κ3) is 3.71. The third-order valence-corrected chi connectivity index (χ3v) is 3.13. The lowest BCUT2D eigenvalue weighted by Crippen LogP contribution is -2.43. The topological polar surface area (TPSA) is 41.6 Å².